The van der Waals surface area contributed by atoms with Crippen molar-refractivity contribution >= 4 is 5.69 Å². The zero-order valence-corrected chi connectivity index (χ0v) is 10.5. The van der Waals surface area contributed by atoms with Crippen molar-refractivity contribution in [1.29, 1.82) is 0 Å². The molecular weight excluding hydrogens is 230 g/mol. The van der Waals surface area contributed by atoms with Crippen molar-refractivity contribution in [3.8, 4) is 0 Å². The van der Waals surface area contributed by atoms with Crippen molar-refractivity contribution in [3.63, 3.8) is 0 Å². The summed E-state index contributed by atoms with van der Waals surface area (Å²) in [7, 11) is 0. The molecule has 98 valence electrons. The van der Waals surface area contributed by atoms with E-state index in [0.29, 0.717) is 12.6 Å². The maximum atomic E-state index is 11.9. The fourth-order valence-corrected chi connectivity index (χ4v) is 2.65. The molecule has 0 saturated carbocycles. The third-order valence-corrected chi connectivity index (χ3v) is 3.67. The smallest absolute Gasteiger partial charge is 0.268 e. The molecule has 1 saturated heterocycles. The van der Waals surface area contributed by atoms with E-state index in [1.165, 1.54) is 0 Å². The average molecular weight is 249 g/mol. The van der Waals surface area contributed by atoms with Crippen molar-refractivity contribution in [2.45, 2.75) is 44.8 Å². The van der Waals surface area contributed by atoms with Gasteiger partial charge in [0, 0.05) is 25.8 Å². The Balaban J connectivity index is 1.72. The van der Waals surface area contributed by atoms with E-state index in [1.807, 2.05) is 0 Å². The number of hydrogen-bond donors (Lipinski definition) is 1. The fraction of sp³-hybridized carbons (Fsp3) is 0.692. The number of anilines is 1. The first-order valence-corrected chi connectivity index (χ1v) is 6.79. The van der Waals surface area contributed by atoms with E-state index >= 15 is 0 Å². The Bertz CT molecular complexity index is 478. The Morgan fingerprint density at radius 2 is 2.44 bits per heavy atom. The summed E-state index contributed by atoms with van der Waals surface area (Å²) in [5.74, 6) is 0. The molecule has 3 rings (SSSR count). The summed E-state index contributed by atoms with van der Waals surface area (Å²) in [5.41, 5.74) is 1.92. The molecule has 1 aromatic heterocycles. The van der Waals surface area contributed by atoms with Gasteiger partial charge in [-0.2, -0.15) is 5.10 Å². The van der Waals surface area contributed by atoms with Crippen molar-refractivity contribution in [3.05, 3.63) is 22.1 Å². The second-order valence-electron chi connectivity index (χ2n) is 5.02. The summed E-state index contributed by atoms with van der Waals surface area (Å²) >= 11 is 0. The number of nitrogens with zero attached hydrogens (tertiary/aromatic N) is 2. The Labute approximate surface area is 106 Å². The van der Waals surface area contributed by atoms with Crippen LogP contribution < -0.4 is 10.9 Å². The van der Waals surface area contributed by atoms with Gasteiger partial charge in [-0.05, 0) is 32.1 Å². The third-order valence-electron chi connectivity index (χ3n) is 3.67. The van der Waals surface area contributed by atoms with Crippen LogP contribution in [0.25, 0.3) is 0 Å². The van der Waals surface area contributed by atoms with E-state index in [-0.39, 0.29) is 5.56 Å². The molecule has 18 heavy (non-hydrogen) atoms. The van der Waals surface area contributed by atoms with Gasteiger partial charge in [-0.1, -0.05) is 0 Å². The lowest BCUT2D eigenvalue weighted by molar-refractivity contribution is 0.0990. The maximum Gasteiger partial charge on any atom is 0.268 e. The minimum Gasteiger partial charge on any atom is -0.383 e. The Morgan fingerprint density at radius 1 is 1.50 bits per heavy atom. The summed E-state index contributed by atoms with van der Waals surface area (Å²) in [6, 6.07) is 1.68. The van der Waals surface area contributed by atoms with Gasteiger partial charge in [-0.15, -0.1) is 0 Å². The standard InChI is InChI=1S/C13H19N3O2/c17-13-9-12-11(4-1-6-14-12)15-16(13)7-5-10-3-2-8-18-10/h9-10,14H,1-8H2. The first-order valence-electron chi connectivity index (χ1n) is 6.79. The fourth-order valence-electron chi connectivity index (χ4n) is 2.65. The number of nitrogens with one attached hydrogen (secondary N) is 1. The van der Waals surface area contributed by atoms with Crippen LogP contribution in [0.5, 0.6) is 0 Å². The van der Waals surface area contributed by atoms with Crippen LogP contribution in [0.3, 0.4) is 0 Å². The number of ether oxygens (including phenoxy) is 1. The van der Waals surface area contributed by atoms with Gasteiger partial charge in [0.2, 0.25) is 0 Å². The highest BCUT2D eigenvalue weighted by Gasteiger charge is 2.17. The summed E-state index contributed by atoms with van der Waals surface area (Å²) in [6.45, 7) is 2.46. The predicted molar refractivity (Wildman–Crippen MR) is 68.9 cm³/mol. The second-order valence-corrected chi connectivity index (χ2v) is 5.02. The summed E-state index contributed by atoms with van der Waals surface area (Å²) in [5, 5.41) is 7.69. The van der Waals surface area contributed by atoms with Gasteiger partial charge in [-0.25, -0.2) is 4.68 Å². The lowest BCUT2D eigenvalue weighted by atomic mass is 10.1. The van der Waals surface area contributed by atoms with Crippen LogP contribution in [0.1, 0.15) is 31.4 Å². The van der Waals surface area contributed by atoms with Crippen LogP contribution >= 0.6 is 0 Å². The van der Waals surface area contributed by atoms with Crippen molar-refractivity contribution < 1.29 is 4.74 Å². The second kappa shape index (κ2) is 5.10. The highest BCUT2D eigenvalue weighted by atomic mass is 16.5. The molecule has 2 aliphatic heterocycles. The molecule has 5 heteroatoms. The van der Waals surface area contributed by atoms with Gasteiger partial charge in [0.1, 0.15) is 0 Å². The van der Waals surface area contributed by atoms with Crippen LogP contribution in [0.4, 0.5) is 5.69 Å². The van der Waals surface area contributed by atoms with Crippen LogP contribution in [-0.4, -0.2) is 29.0 Å². The number of aromatic nitrogens is 2. The molecule has 0 amide bonds. The molecule has 0 aromatic carbocycles. The molecule has 1 aromatic rings. The van der Waals surface area contributed by atoms with E-state index in [2.05, 4.69) is 10.4 Å². The first-order chi connectivity index (χ1) is 8.83. The molecule has 0 aliphatic carbocycles. The quantitative estimate of drug-likeness (QED) is 0.873. The van der Waals surface area contributed by atoms with Gasteiger partial charge in [0.25, 0.3) is 5.56 Å². The monoisotopic (exact) mass is 249 g/mol. The van der Waals surface area contributed by atoms with Crippen LogP contribution in [0, 0.1) is 0 Å². The largest absolute Gasteiger partial charge is 0.383 e. The van der Waals surface area contributed by atoms with Crippen molar-refractivity contribution in [2.75, 3.05) is 18.5 Å². The highest BCUT2D eigenvalue weighted by molar-refractivity contribution is 5.48. The van der Waals surface area contributed by atoms with Crippen molar-refractivity contribution in [2.24, 2.45) is 0 Å². The zero-order chi connectivity index (χ0) is 12.4. The molecule has 0 bridgehead atoms. The molecule has 5 nitrogen and oxygen atoms in total. The third kappa shape index (κ3) is 2.41. The van der Waals surface area contributed by atoms with Gasteiger partial charge >= 0.3 is 0 Å². The summed E-state index contributed by atoms with van der Waals surface area (Å²) < 4.78 is 7.16. The minimum absolute atomic E-state index is 0.0128. The zero-order valence-electron chi connectivity index (χ0n) is 10.5. The molecular formula is C13H19N3O2. The molecule has 1 fully saturated rings. The molecule has 1 atom stereocenters. The topological polar surface area (TPSA) is 56.2 Å². The molecule has 1 unspecified atom stereocenters. The van der Waals surface area contributed by atoms with E-state index in [1.54, 1.807) is 10.7 Å². The average Bonchev–Trinajstić information content (AvgIpc) is 2.89. The van der Waals surface area contributed by atoms with E-state index in [9.17, 15) is 4.79 Å². The van der Waals surface area contributed by atoms with E-state index in [4.69, 9.17) is 4.74 Å². The molecule has 0 radical (unpaired) electrons. The molecule has 1 N–H and O–H groups in total. The van der Waals surface area contributed by atoms with Gasteiger partial charge in [0.15, 0.2) is 0 Å². The Hall–Kier alpha value is -1.36. The Kier molecular flexibility index (Phi) is 3.32. The number of aryl methyl sites for hydroxylation is 2. The maximum absolute atomic E-state index is 11.9. The molecule has 2 aliphatic rings. The lowest BCUT2D eigenvalue weighted by Crippen LogP contribution is -2.28. The normalized spacial score (nSPS) is 22.6. The van der Waals surface area contributed by atoms with Gasteiger partial charge in [-0.3, -0.25) is 4.79 Å². The SMILES string of the molecule is O=c1cc2c(nn1CCC1CCCO1)CCCN2. The van der Waals surface area contributed by atoms with Gasteiger partial charge < -0.3 is 10.1 Å². The number of rotatable bonds is 3. The van der Waals surface area contributed by atoms with Crippen LogP contribution in [-0.2, 0) is 17.7 Å². The summed E-state index contributed by atoms with van der Waals surface area (Å²) in [6.07, 6.45) is 5.50. The Morgan fingerprint density at radius 3 is 3.28 bits per heavy atom. The lowest BCUT2D eigenvalue weighted by Gasteiger charge is -2.18. The van der Waals surface area contributed by atoms with Crippen molar-refractivity contribution in [1.82, 2.24) is 9.78 Å². The molecule has 0 spiro atoms. The van der Waals surface area contributed by atoms with Gasteiger partial charge in [0.05, 0.1) is 17.5 Å². The number of fused-ring (bicyclic) bond motifs is 1. The van der Waals surface area contributed by atoms with Crippen LogP contribution in [0.2, 0.25) is 0 Å². The minimum atomic E-state index is -0.0128. The predicted octanol–water partition coefficient (Wildman–Crippen LogP) is 1.17. The first kappa shape index (κ1) is 11.7. The number of hydrogen-bond acceptors (Lipinski definition) is 4. The summed E-state index contributed by atoms with van der Waals surface area (Å²) in [4.78, 5) is 11.9. The van der Waals surface area contributed by atoms with E-state index < -0.39 is 0 Å². The van der Waals surface area contributed by atoms with E-state index in [0.717, 1.165) is 56.6 Å². The van der Waals surface area contributed by atoms with Crippen LogP contribution in [0.15, 0.2) is 10.9 Å². The molecule has 3 heterocycles. The highest BCUT2D eigenvalue weighted by Crippen LogP contribution is 2.18.